The summed E-state index contributed by atoms with van der Waals surface area (Å²) in [6, 6.07) is 21.4. The Bertz CT molecular complexity index is 1160. The van der Waals surface area contributed by atoms with E-state index in [1.54, 1.807) is 12.1 Å². The maximum Gasteiger partial charge on any atom is 0.291 e. The Morgan fingerprint density at radius 2 is 1.68 bits per heavy atom. The zero-order valence-corrected chi connectivity index (χ0v) is 17.5. The molecular weight excluding hydrogens is 390 g/mol. The average molecular weight is 415 g/mol. The number of hydrogen-bond acceptors (Lipinski definition) is 5. The van der Waals surface area contributed by atoms with Crippen LogP contribution >= 0.6 is 0 Å². The summed E-state index contributed by atoms with van der Waals surface area (Å²) in [5.41, 5.74) is 2.59. The van der Waals surface area contributed by atoms with Gasteiger partial charge in [-0.3, -0.25) is 9.69 Å². The van der Waals surface area contributed by atoms with Crippen LogP contribution < -0.4 is 5.32 Å². The van der Waals surface area contributed by atoms with E-state index in [9.17, 15) is 4.79 Å². The van der Waals surface area contributed by atoms with Crippen LogP contribution in [0.2, 0.25) is 0 Å². The first-order chi connectivity index (χ1) is 15.2. The van der Waals surface area contributed by atoms with Crippen molar-refractivity contribution >= 4 is 22.6 Å². The molecule has 6 heteroatoms. The molecule has 5 rings (SSSR count). The van der Waals surface area contributed by atoms with Crippen LogP contribution in [0.25, 0.3) is 11.0 Å². The minimum absolute atomic E-state index is 0.103. The standard InChI is InChI=1S/C25H25N3O3/c1-27-13-15-28(16-14-27)23(18-8-3-2-4-9-18)24-22(19-10-5-6-11-20(19)31-24)26-25(29)21-12-7-17-30-21/h2-12,17,23H,13-16H2,1H3,(H,26,29). The van der Waals surface area contributed by atoms with Gasteiger partial charge in [-0.05, 0) is 36.9 Å². The van der Waals surface area contributed by atoms with Crippen molar-refractivity contribution < 1.29 is 13.6 Å². The number of fused-ring (bicyclic) bond motifs is 1. The van der Waals surface area contributed by atoms with Gasteiger partial charge in [0.2, 0.25) is 0 Å². The second-order valence-electron chi connectivity index (χ2n) is 7.92. The molecule has 1 unspecified atom stereocenters. The van der Waals surface area contributed by atoms with E-state index in [-0.39, 0.29) is 17.7 Å². The van der Waals surface area contributed by atoms with Crippen LogP contribution in [0.4, 0.5) is 5.69 Å². The molecule has 1 amide bonds. The van der Waals surface area contributed by atoms with Crippen LogP contribution in [0.5, 0.6) is 0 Å². The number of carbonyl (C=O) groups is 1. The number of carbonyl (C=O) groups excluding carboxylic acids is 1. The Morgan fingerprint density at radius 3 is 2.42 bits per heavy atom. The van der Waals surface area contributed by atoms with E-state index in [0.29, 0.717) is 5.69 Å². The third-order valence-corrected chi connectivity index (χ3v) is 5.87. The van der Waals surface area contributed by atoms with Gasteiger partial charge in [0.1, 0.15) is 11.3 Å². The number of nitrogens with one attached hydrogen (secondary N) is 1. The number of benzene rings is 2. The molecule has 31 heavy (non-hydrogen) atoms. The predicted molar refractivity (Wildman–Crippen MR) is 120 cm³/mol. The molecule has 0 radical (unpaired) electrons. The van der Waals surface area contributed by atoms with E-state index in [2.05, 4.69) is 34.3 Å². The number of amides is 1. The molecule has 0 spiro atoms. The molecule has 1 saturated heterocycles. The van der Waals surface area contributed by atoms with Crippen LogP contribution in [-0.4, -0.2) is 48.9 Å². The van der Waals surface area contributed by atoms with E-state index >= 15 is 0 Å². The lowest BCUT2D eigenvalue weighted by molar-refractivity contribution is 0.0995. The van der Waals surface area contributed by atoms with Crippen LogP contribution in [0, 0.1) is 0 Å². The van der Waals surface area contributed by atoms with Crippen LogP contribution in [0.1, 0.15) is 27.9 Å². The first kappa shape index (κ1) is 19.6. The highest BCUT2D eigenvalue weighted by Gasteiger charge is 2.32. The molecule has 1 aliphatic rings. The van der Waals surface area contributed by atoms with Crippen molar-refractivity contribution in [1.82, 2.24) is 9.80 Å². The molecule has 1 aliphatic heterocycles. The predicted octanol–water partition coefficient (Wildman–Crippen LogP) is 4.61. The summed E-state index contributed by atoms with van der Waals surface area (Å²) >= 11 is 0. The van der Waals surface area contributed by atoms with Crippen LogP contribution in [-0.2, 0) is 0 Å². The Labute approximate surface area is 181 Å². The summed E-state index contributed by atoms with van der Waals surface area (Å²) < 4.78 is 11.7. The largest absolute Gasteiger partial charge is 0.459 e. The summed E-state index contributed by atoms with van der Waals surface area (Å²) in [5.74, 6) is 0.729. The second kappa shape index (κ2) is 8.41. The minimum Gasteiger partial charge on any atom is -0.459 e. The van der Waals surface area contributed by atoms with Crippen molar-refractivity contribution in [2.75, 3.05) is 38.5 Å². The summed E-state index contributed by atoms with van der Waals surface area (Å²) in [6.07, 6.45) is 1.50. The Morgan fingerprint density at radius 1 is 0.935 bits per heavy atom. The number of likely N-dealkylation sites (N-methyl/N-ethyl adjacent to an activating group) is 1. The highest BCUT2D eigenvalue weighted by Crippen LogP contribution is 2.40. The lowest BCUT2D eigenvalue weighted by atomic mass is 10.00. The van der Waals surface area contributed by atoms with Gasteiger partial charge in [-0.1, -0.05) is 42.5 Å². The third-order valence-electron chi connectivity index (χ3n) is 5.87. The van der Waals surface area contributed by atoms with E-state index in [4.69, 9.17) is 8.83 Å². The number of furan rings is 2. The highest BCUT2D eigenvalue weighted by atomic mass is 16.3. The Kier molecular flexibility index (Phi) is 5.32. The minimum atomic E-state index is -0.289. The maximum atomic E-state index is 12.9. The molecular formula is C25H25N3O3. The highest BCUT2D eigenvalue weighted by molar-refractivity contribution is 6.08. The fourth-order valence-corrected chi connectivity index (χ4v) is 4.21. The molecule has 0 bridgehead atoms. The Balaban J connectivity index is 1.62. The zero-order valence-electron chi connectivity index (χ0n) is 17.5. The summed E-state index contributed by atoms with van der Waals surface area (Å²) in [6.45, 7) is 3.80. The molecule has 1 N–H and O–H groups in total. The third kappa shape index (κ3) is 3.87. The van der Waals surface area contributed by atoms with Crippen molar-refractivity contribution in [3.05, 3.63) is 90.1 Å². The Hall–Kier alpha value is -3.35. The van der Waals surface area contributed by atoms with Crippen molar-refractivity contribution in [3.8, 4) is 0 Å². The zero-order chi connectivity index (χ0) is 21.2. The summed E-state index contributed by atoms with van der Waals surface area (Å²) in [5, 5.41) is 3.95. The van der Waals surface area contributed by atoms with Gasteiger partial charge in [0, 0.05) is 31.6 Å². The number of nitrogens with zero attached hydrogens (tertiary/aromatic N) is 2. The molecule has 0 saturated carbocycles. The van der Waals surface area contributed by atoms with E-state index in [0.717, 1.165) is 48.5 Å². The average Bonchev–Trinajstić information content (AvgIpc) is 3.45. The smallest absolute Gasteiger partial charge is 0.291 e. The van der Waals surface area contributed by atoms with Gasteiger partial charge in [-0.2, -0.15) is 0 Å². The first-order valence-corrected chi connectivity index (χ1v) is 10.5. The quantitative estimate of drug-likeness (QED) is 0.516. The van der Waals surface area contributed by atoms with Gasteiger partial charge in [-0.25, -0.2) is 0 Å². The number of para-hydroxylation sites is 1. The fourth-order valence-electron chi connectivity index (χ4n) is 4.21. The van der Waals surface area contributed by atoms with Gasteiger partial charge in [0.15, 0.2) is 5.76 Å². The molecule has 158 valence electrons. The molecule has 1 atom stereocenters. The SMILES string of the molecule is CN1CCN(C(c2ccccc2)c2oc3ccccc3c2NC(=O)c2ccco2)CC1. The normalized spacial score (nSPS) is 16.4. The van der Waals surface area contributed by atoms with E-state index in [1.807, 2.05) is 42.5 Å². The van der Waals surface area contributed by atoms with Gasteiger partial charge >= 0.3 is 0 Å². The van der Waals surface area contributed by atoms with Crippen LogP contribution in [0.3, 0.4) is 0 Å². The molecule has 2 aromatic heterocycles. The molecule has 6 nitrogen and oxygen atoms in total. The summed E-state index contributed by atoms with van der Waals surface area (Å²) in [7, 11) is 2.14. The van der Waals surface area contributed by atoms with Crippen LogP contribution in [0.15, 0.2) is 81.8 Å². The first-order valence-electron chi connectivity index (χ1n) is 10.5. The van der Waals surface area contributed by atoms with Gasteiger partial charge in [0.25, 0.3) is 5.91 Å². The number of hydrogen-bond donors (Lipinski definition) is 1. The van der Waals surface area contributed by atoms with Crippen molar-refractivity contribution in [2.24, 2.45) is 0 Å². The summed E-state index contributed by atoms with van der Waals surface area (Å²) in [4.78, 5) is 17.6. The van der Waals surface area contributed by atoms with Crippen molar-refractivity contribution in [1.29, 1.82) is 0 Å². The number of rotatable bonds is 5. The molecule has 1 fully saturated rings. The monoisotopic (exact) mass is 415 g/mol. The van der Waals surface area contributed by atoms with E-state index < -0.39 is 0 Å². The van der Waals surface area contributed by atoms with Gasteiger partial charge in [0.05, 0.1) is 18.0 Å². The fraction of sp³-hybridized carbons (Fsp3) is 0.240. The molecule has 4 aromatic rings. The van der Waals surface area contributed by atoms with Crippen molar-refractivity contribution in [3.63, 3.8) is 0 Å². The maximum absolute atomic E-state index is 12.9. The lowest BCUT2D eigenvalue weighted by Crippen LogP contribution is -2.46. The van der Waals surface area contributed by atoms with E-state index in [1.165, 1.54) is 6.26 Å². The lowest BCUT2D eigenvalue weighted by Gasteiger charge is -2.37. The van der Waals surface area contributed by atoms with Gasteiger partial charge < -0.3 is 19.1 Å². The number of anilines is 1. The topological polar surface area (TPSA) is 61.9 Å². The van der Waals surface area contributed by atoms with Crippen molar-refractivity contribution in [2.45, 2.75) is 6.04 Å². The number of piperazine rings is 1. The molecule has 0 aliphatic carbocycles. The molecule has 3 heterocycles. The molecule has 2 aromatic carbocycles. The van der Waals surface area contributed by atoms with Gasteiger partial charge in [-0.15, -0.1) is 0 Å². The second-order valence-corrected chi connectivity index (χ2v) is 7.92.